The van der Waals surface area contributed by atoms with Crippen LogP contribution in [-0.2, 0) is 0 Å². The third-order valence-corrected chi connectivity index (χ3v) is 3.51. The molecule has 23 heavy (non-hydrogen) atoms. The van der Waals surface area contributed by atoms with Gasteiger partial charge in [-0.05, 0) is 36.8 Å². The largest absolute Gasteiger partial charge is 0.368 e. The van der Waals surface area contributed by atoms with Gasteiger partial charge in [0.1, 0.15) is 18.0 Å². The molecular weight excluding hydrogens is 289 g/mol. The van der Waals surface area contributed by atoms with Crippen molar-refractivity contribution in [2.24, 2.45) is 0 Å². The maximum absolute atomic E-state index is 13.2. The lowest BCUT2D eigenvalue weighted by Gasteiger charge is -2.06. The number of nitrogens with one attached hydrogen (secondary N) is 1. The van der Waals surface area contributed by atoms with Crippen molar-refractivity contribution in [3.8, 4) is 11.8 Å². The second-order valence-corrected chi connectivity index (χ2v) is 5.18. The summed E-state index contributed by atoms with van der Waals surface area (Å²) in [4.78, 5) is 8.50. The molecule has 0 bridgehead atoms. The molecule has 0 fully saturated rings. The number of aryl methyl sites for hydroxylation is 1. The maximum Gasteiger partial charge on any atom is 0.137 e. The van der Waals surface area contributed by atoms with Crippen molar-refractivity contribution in [2.75, 3.05) is 11.9 Å². The van der Waals surface area contributed by atoms with E-state index in [1.165, 1.54) is 12.1 Å². The fourth-order valence-electron chi connectivity index (χ4n) is 2.28. The summed E-state index contributed by atoms with van der Waals surface area (Å²) in [5.74, 6) is 6.63. The number of rotatable bonds is 3. The van der Waals surface area contributed by atoms with Crippen molar-refractivity contribution in [1.82, 2.24) is 9.97 Å². The molecule has 3 nitrogen and oxygen atoms in total. The van der Waals surface area contributed by atoms with Crippen molar-refractivity contribution >= 4 is 16.7 Å². The minimum atomic E-state index is -0.259. The molecule has 0 atom stereocenters. The Bertz CT molecular complexity index is 888. The number of fused-ring (bicyclic) bond motifs is 1. The summed E-state index contributed by atoms with van der Waals surface area (Å²) in [5.41, 5.74) is 2.62. The highest BCUT2D eigenvalue weighted by atomic mass is 19.1. The highest BCUT2D eigenvalue weighted by Gasteiger charge is 2.01. The number of hydrogen-bond acceptors (Lipinski definition) is 3. The first-order valence-corrected chi connectivity index (χ1v) is 7.43. The van der Waals surface area contributed by atoms with Gasteiger partial charge in [0, 0.05) is 23.9 Å². The standard InChI is InChI=1S/C19H16FN3/c1-14-9-10-16(20)12-15(14)6-4-5-11-21-19-17-7-2-3-8-18(17)22-13-23-19/h2-3,7-10,12-13H,5,11H2,1H3,(H,21,22,23). The van der Waals surface area contributed by atoms with E-state index in [4.69, 9.17) is 0 Å². The Morgan fingerprint density at radius 1 is 1.13 bits per heavy atom. The fraction of sp³-hybridized carbons (Fsp3) is 0.158. The number of halogens is 1. The SMILES string of the molecule is Cc1ccc(F)cc1C#CCCNc1ncnc2ccccc12. The summed E-state index contributed by atoms with van der Waals surface area (Å²) in [5, 5.41) is 4.26. The van der Waals surface area contributed by atoms with Gasteiger partial charge in [0.05, 0.1) is 5.52 Å². The van der Waals surface area contributed by atoms with Crippen LogP contribution in [0.15, 0.2) is 48.8 Å². The van der Waals surface area contributed by atoms with E-state index < -0.39 is 0 Å². The van der Waals surface area contributed by atoms with E-state index in [0.717, 1.165) is 27.8 Å². The van der Waals surface area contributed by atoms with Gasteiger partial charge in [0.15, 0.2) is 0 Å². The predicted octanol–water partition coefficient (Wildman–Crippen LogP) is 3.93. The molecule has 4 heteroatoms. The zero-order valence-corrected chi connectivity index (χ0v) is 12.8. The first-order chi connectivity index (χ1) is 11.2. The van der Waals surface area contributed by atoms with Crippen molar-refractivity contribution in [3.05, 3.63) is 65.7 Å². The molecular formula is C19H16FN3. The molecule has 0 amide bonds. The number of benzene rings is 2. The van der Waals surface area contributed by atoms with Gasteiger partial charge in [-0.25, -0.2) is 14.4 Å². The lowest BCUT2D eigenvalue weighted by molar-refractivity contribution is 0.627. The molecule has 0 saturated heterocycles. The van der Waals surface area contributed by atoms with Crippen LogP contribution in [0.1, 0.15) is 17.5 Å². The number of hydrogen-bond donors (Lipinski definition) is 1. The van der Waals surface area contributed by atoms with Crippen molar-refractivity contribution < 1.29 is 4.39 Å². The van der Waals surface area contributed by atoms with E-state index in [0.29, 0.717) is 13.0 Å². The number of anilines is 1. The smallest absolute Gasteiger partial charge is 0.137 e. The van der Waals surface area contributed by atoms with Gasteiger partial charge in [-0.3, -0.25) is 0 Å². The Labute approximate surface area is 134 Å². The van der Waals surface area contributed by atoms with Gasteiger partial charge in [0.2, 0.25) is 0 Å². The molecule has 0 unspecified atom stereocenters. The molecule has 0 radical (unpaired) electrons. The van der Waals surface area contributed by atoms with E-state index in [9.17, 15) is 4.39 Å². The molecule has 1 aromatic heterocycles. The Hall–Kier alpha value is -2.93. The van der Waals surface area contributed by atoms with E-state index in [1.807, 2.05) is 31.2 Å². The van der Waals surface area contributed by atoms with Crippen molar-refractivity contribution in [1.29, 1.82) is 0 Å². The fourth-order valence-corrected chi connectivity index (χ4v) is 2.28. The second-order valence-electron chi connectivity index (χ2n) is 5.18. The Balaban J connectivity index is 1.64. The quantitative estimate of drug-likeness (QED) is 0.588. The average molecular weight is 305 g/mol. The van der Waals surface area contributed by atoms with Crippen LogP contribution in [0.5, 0.6) is 0 Å². The van der Waals surface area contributed by atoms with Crippen LogP contribution in [0.3, 0.4) is 0 Å². The van der Waals surface area contributed by atoms with E-state index in [-0.39, 0.29) is 5.82 Å². The summed E-state index contributed by atoms with van der Waals surface area (Å²) in [6.07, 6.45) is 2.20. The van der Waals surface area contributed by atoms with Crippen LogP contribution in [0.4, 0.5) is 10.2 Å². The molecule has 0 aliphatic rings. The maximum atomic E-state index is 13.2. The molecule has 2 aromatic carbocycles. The Morgan fingerprint density at radius 2 is 2.00 bits per heavy atom. The monoisotopic (exact) mass is 305 g/mol. The van der Waals surface area contributed by atoms with Crippen LogP contribution in [-0.4, -0.2) is 16.5 Å². The lowest BCUT2D eigenvalue weighted by Crippen LogP contribution is -2.03. The Morgan fingerprint density at radius 3 is 2.91 bits per heavy atom. The summed E-state index contributed by atoms with van der Waals surface area (Å²) in [6, 6.07) is 12.5. The third-order valence-electron chi connectivity index (χ3n) is 3.51. The van der Waals surface area contributed by atoms with Crippen LogP contribution < -0.4 is 5.32 Å². The van der Waals surface area contributed by atoms with Crippen LogP contribution >= 0.6 is 0 Å². The molecule has 114 valence electrons. The molecule has 1 heterocycles. The van der Waals surface area contributed by atoms with Gasteiger partial charge in [-0.1, -0.05) is 30.0 Å². The molecule has 0 aliphatic heterocycles. The minimum Gasteiger partial charge on any atom is -0.368 e. The molecule has 3 rings (SSSR count). The lowest BCUT2D eigenvalue weighted by atomic mass is 10.1. The van der Waals surface area contributed by atoms with Crippen LogP contribution in [0.2, 0.25) is 0 Å². The van der Waals surface area contributed by atoms with Crippen LogP contribution in [0, 0.1) is 24.6 Å². The van der Waals surface area contributed by atoms with Gasteiger partial charge in [0.25, 0.3) is 0 Å². The highest BCUT2D eigenvalue weighted by Crippen LogP contribution is 2.18. The van der Waals surface area contributed by atoms with E-state index >= 15 is 0 Å². The molecule has 3 aromatic rings. The molecule has 0 saturated carbocycles. The number of aromatic nitrogens is 2. The average Bonchev–Trinajstić information content (AvgIpc) is 2.57. The second kappa shape index (κ2) is 6.89. The number of para-hydroxylation sites is 1. The Kier molecular flexibility index (Phi) is 4.49. The van der Waals surface area contributed by atoms with Crippen molar-refractivity contribution in [3.63, 3.8) is 0 Å². The summed E-state index contributed by atoms with van der Waals surface area (Å²) < 4.78 is 13.2. The topological polar surface area (TPSA) is 37.8 Å². The van der Waals surface area contributed by atoms with E-state index in [1.54, 1.807) is 12.4 Å². The summed E-state index contributed by atoms with van der Waals surface area (Å²) in [6.45, 7) is 2.59. The number of nitrogens with zero attached hydrogens (tertiary/aromatic N) is 2. The van der Waals surface area contributed by atoms with Gasteiger partial charge >= 0.3 is 0 Å². The first-order valence-electron chi connectivity index (χ1n) is 7.43. The zero-order chi connectivity index (χ0) is 16.1. The van der Waals surface area contributed by atoms with Gasteiger partial charge in [-0.15, -0.1) is 0 Å². The predicted molar refractivity (Wildman–Crippen MR) is 90.7 cm³/mol. The van der Waals surface area contributed by atoms with Crippen molar-refractivity contribution in [2.45, 2.75) is 13.3 Å². The molecule has 1 N–H and O–H groups in total. The summed E-state index contributed by atoms with van der Waals surface area (Å²) >= 11 is 0. The normalized spacial score (nSPS) is 10.2. The highest BCUT2D eigenvalue weighted by molar-refractivity contribution is 5.88. The van der Waals surface area contributed by atoms with Crippen LogP contribution in [0.25, 0.3) is 10.9 Å². The first kappa shape index (κ1) is 15.0. The molecule has 0 spiro atoms. The van der Waals surface area contributed by atoms with E-state index in [2.05, 4.69) is 27.1 Å². The van der Waals surface area contributed by atoms with Gasteiger partial charge in [-0.2, -0.15) is 0 Å². The molecule has 0 aliphatic carbocycles. The summed E-state index contributed by atoms with van der Waals surface area (Å²) in [7, 11) is 0. The van der Waals surface area contributed by atoms with Gasteiger partial charge < -0.3 is 5.32 Å². The zero-order valence-electron chi connectivity index (χ0n) is 12.8. The minimum absolute atomic E-state index is 0.259. The third kappa shape index (κ3) is 3.64.